The summed E-state index contributed by atoms with van der Waals surface area (Å²) in [6, 6.07) is 5.31. The minimum absolute atomic E-state index is 0.00791. The molecule has 0 bridgehead atoms. The second-order valence-corrected chi connectivity index (χ2v) is 6.85. The van der Waals surface area contributed by atoms with Gasteiger partial charge in [-0.25, -0.2) is 14.2 Å². The number of ether oxygens (including phenoxy) is 1. The van der Waals surface area contributed by atoms with Crippen LogP contribution in [0.15, 0.2) is 24.5 Å². The highest BCUT2D eigenvalue weighted by Gasteiger charge is 2.24. The first-order valence-electron chi connectivity index (χ1n) is 8.86. The smallest absolute Gasteiger partial charge is 0.396 e. The third-order valence-corrected chi connectivity index (χ3v) is 5.03. The molecular weight excluding hydrogens is 375 g/mol. The number of carbonyl (C=O) groups excluding carboxylic acids is 1. The molecule has 2 aromatic heterocycles. The van der Waals surface area contributed by atoms with Crippen LogP contribution in [0.5, 0.6) is 5.88 Å². The fourth-order valence-corrected chi connectivity index (χ4v) is 3.57. The van der Waals surface area contributed by atoms with E-state index in [1.54, 1.807) is 12.3 Å². The van der Waals surface area contributed by atoms with Crippen molar-refractivity contribution in [2.75, 3.05) is 17.6 Å². The quantitative estimate of drug-likeness (QED) is 0.570. The molecule has 0 saturated heterocycles. The number of anilines is 2. The highest BCUT2D eigenvalue weighted by molar-refractivity contribution is 5.98. The normalized spacial score (nSPS) is 15.3. The van der Waals surface area contributed by atoms with E-state index in [4.69, 9.17) is 21.5 Å². The van der Waals surface area contributed by atoms with Crippen LogP contribution in [-0.4, -0.2) is 22.6 Å². The summed E-state index contributed by atoms with van der Waals surface area (Å²) < 4.78 is 19.9. The number of hydrogen-bond acceptors (Lipinski definition) is 7. The summed E-state index contributed by atoms with van der Waals surface area (Å²) in [5, 5.41) is 13.3. The molecule has 1 atom stereocenters. The molecule has 146 valence electrons. The number of carbonyl (C=O) groups is 1. The van der Waals surface area contributed by atoms with Gasteiger partial charge in [0, 0.05) is 47.9 Å². The van der Waals surface area contributed by atoms with E-state index < -0.39 is 11.9 Å². The zero-order valence-electron chi connectivity index (χ0n) is 15.5. The van der Waals surface area contributed by atoms with Gasteiger partial charge in [0.15, 0.2) is 5.82 Å². The van der Waals surface area contributed by atoms with Gasteiger partial charge in [-0.05, 0) is 23.9 Å². The number of nitrogens with one attached hydrogen (secondary N) is 1. The van der Waals surface area contributed by atoms with E-state index in [-0.39, 0.29) is 23.0 Å². The SMILES string of the molecule is Cc1c(-c2cc3cc(OC(N)=O)ncc3c(N)c2F)cnc2c1NC[C@H](C#N)C2. The van der Waals surface area contributed by atoms with Crippen LogP contribution >= 0.6 is 0 Å². The van der Waals surface area contributed by atoms with E-state index in [1.165, 1.54) is 12.3 Å². The Morgan fingerprint density at radius 3 is 2.86 bits per heavy atom. The number of halogens is 1. The third kappa shape index (κ3) is 3.14. The van der Waals surface area contributed by atoms with Crippen LogP contribution < -0.4 is 21.5 Å². The van der Waals surface area contributed by atoms with Crippen LogP contribution in [0.2, 0.25) is 0 Å². The summed E-state index contributed by atoms with van der Waals surface area (Å²) in [5.74, 6) is -0.741. The van der Waals surface area contributed by atoms with Crippen molar-refractivity contribution in [3.8, 4) is 23.1 Å². The number of benzene rings is 1. The van der Waals surface area contributed by atoms with Crippen molar-refractivity contribution >= 4 is 28.2 Å². The minimum Gasteiger partial charge on any atom is -0.396 e. The van der Waals surface area contributed by atoms with Crippen molar-refractivity contribution in [1.82, 2.24) is 9.97 Å². The van der Waals surface area contributed by atoms with Gasteiger partial charge in [0.05, 0.1) is 29.1 Å². The van der Waals surface area contributed by atoms with Crippen molar-refractivity contribution in [2.45, 2.75) is 13.3 Å². The number of rotatable bonds is 2. The molecule has 0 unspecified atom stereocenters. The van der Waals surface area contributed by atoms with E-state index in [0.29, 0.717) is 29.3 Å². The Balaban J connectivity index is 1.86. The van der Waals surface area contributed by atoms with Crippen molar-refractivity contribution in [2.24, 2.45) is 11.7 Å². The number of nitrogens with zero attached hydrogens (tertiary/aromatic N) is 3. The fourth-order valence-electron chi connectivity index (χ4n) is 3.57. The summed E-state index contributed by atoms with van der Waals surface area (Å²) in [6.07, 6.45) is 2.46. The second-order valence-electron chi connectivity index (χ2n) is 6.85. The summed E-state index contributed by atoms with van der Waals surface area (Å²) in [4.78, 5) is 19.3. The van der Waals surface area contributed by atoms with Crippen molar-refractivity contribution in [3.63, 3.8) is 0 Å². The average molecular weight is 392 g/mol. The zero-order chi connectivity index (χ0) is 20.7. The summed E-state index contributed by atoms with van der Waals surface area (Å²) in [5.41, 5.74) is 14.2. The lowest BCUT2D eigenvalue weighted by Gasteiger charge is -2.24. The Kier molecular flexibility index (Phi) is 4.39. The Hall–Kier alpha value is -3.93. The maximum Gasteiger partial charge on any atom is 0.411 e. The number of primary amides is 1. The van der Waals surface area contributed by atoms with Crippen LogP contribution in [0, 0.1) is 30.0 Å². The number of pyridine rings is 2. The Morgan fingerprint density at radius 2 is 2.14 bits per heavy atom. The van der Waals surface area contributed by atoms with Gasteiger partial charge in [0.1, 0.15) is 0 Å². The van der Waals surface area contributed by atoms with Crippen molar-refractivity contribution in [3.05, 3.63) is 41.6 Å². The Labute approximate surface area is 165 Å². The lowest BCUT2D eigenvalue weighted by Crippen LogP contribution is -2.23. The van der Waals surface area contributed by atoms with Crippen LogP contribution in [0.1, 0.15) is 11.3 Å². The number of hydrogen-bond donors (Lipinski definition) is 3. The van der Waals surface area contributed by atoms with Gasteiger partial charge in [-0.3, -0.25) is 4.98 Å². The lowest BCUT2D eigenvalue weighted by atomic mass is 9.92. The number of amides is 1. The Morgan fingerprint density at radius 1 is 1.34 bits per heavy atom. The summed E-state index contributed by atoms with van der Waals surface area (Å²) >= 11 is 0. The maximum absolute atomic E-state index is 15.1. The molecule has 1 aromatic carbocycles. The predicted molar refractivity (Wildman–Crippen MR) is 106 cm³/mol. The first-order chi connectivity index (χ1) is 13.9. The molecule has 0 aliphatic carbocycles. The van der Waals surface area contributed by atoms with Crippen LogP contribution in [0.25, 0.3) is 21.9 Å². The minimum atomic E-state index is -0.997. The monoisotopic (exact) mass is 392 g/mol. The van der Waals surface area contributed by atoms with Crippen LogP contribution in [-0.2, 0) is 6.42 Å². The zero-order valence-corrected chi connectivity index (χ0v) is 15.5. The van der Waals surface area contributed by atoms with Gasteiger partial charge in [-0.15, -0.1) is 0 Å². The van der Waals surface area contributed by atoms with E-state index in [9.17, 15) is 4.79 Å². The second kappa shape index (κ2) is 6.91. The molecule has 0 saturated carbocycles. The molecular formula is C20H17FN6O2. The van der Waals surface area contributed by atoms with Gasteiger partial charge in [0.2, 0.25) is 5.88 Å². The average Bonchev–Trinajstić information content (AvgIpc) is 2.70. The van der Waals surface area contributed by atoms with Gasteiger partial charge in [-0.1, -0.05) is 0 Å². The standard InChI is InChI=1S/C20H17FN6O2/c1-9-13(7-25-15-2-10(5-22)6-27-19(9)15)12-3-11-4-16(29-20(24)28)26-8-14(11)18(23)17(12)21/h3-4,7-8,10,27H,2,6,23H2,1H3,(H2,24,28)/t10-/m0/s1. The molecule has 0 radical (unpaired) electrons. The maximum atomic E-state index is 15.1. The molecule has 9 heteroatoms. The highest BCUT2D eigenvalue weighted by atomic mass is 19.1. The number of fused-ring (bicyclic) bond motifs is 2. The molecule has 8 nitrogen and oxygen atoms in total. The van der Waals surface area contributed by atoms with Crippen molar-refractivity contribution < 1.29 is 13.9 Å². The molecule has 0 spiro atoms. The van der Waals surface area contributed by atoms with Gasteiger partial charge in [0.25, 0.3) is 0 Å². The number of aromatic nitrogens is 2. The fraction of sp³-hybridized carbons (Fsp3) is 0.200. The van der Waals surface area contributed by atoms with Gasteiger partial charge in [-0.2, -0.15) is 5.26 Å². The third-order valence-electron chi connectivity index (χ3n) is 5.03. The molecule has 3 aromatic rings. The molecule has 3 heterocycles. The number of nitrogen functional groups attached to an aromatic ring is 1. The van der Waals surface area contributed by atoms with E-state index in [2.05, 4.69) is 21.4 Å². The first kappa shape index (κ1) is 18.4. The molecule has 1 aliphatic rings. The Bertz CT molecular complexity index is 1200. The predicted octanol–water partition coefficient (Wildman–Crippen LogP) is 2.89. The van der Waals surface area contributed by atoms with E-state index >= 15 is 4.39 Å². The van der Waals surface area contributed by atoms with Gasteiger partial charge < -0.3 is 21.5 Å². The molecule has 0 fully saturated rings. The summed E-state index contributed by atoms with van der Waals surface area (Å²) in [7, 11) is 0. The summed E-state index contributed by atoms with van der Waals surface area (Å²) in [6.45, 7) is 2.38. The lowest BCUT2D eigenvalue weighted by molar-refractivity contribution is 0.209. The van der Waals surface area contributed by atoms with E-state index in [1.807, 2.05) is 6.92 Å². The topological polar surface area (TPSA) is 140 Å². The van der Waals surface area contributed by atoms with Crippen molar-refractivity contribution in [1.29, 1.82) is 5.26 Å². The molecule has 4 rings (SSSR count). The van der Waals surface area contributed by atoms with Gasteiger partial charge >= 0.3 is 6.09 Å². The number of nitriles is 1. The van der Waals surface area contributed by atoms with Crippen LogP contribution in [0.3, 0.4) is 0 Å². The largest absolute Gasteiger partial charge is 0.411 e. The first-order valence-corrected chi connectivity index (χ1v) is 8.86. The molecule has 29 heavy (non-hydrogen) atoms. The highest BCUT2D eigenvalue weighted by Crippen LogP contribution is 2.38. The number of nitrogens with two attached hydrogens (primary N) is 2. The molecule has 1 aliphatic heterocycles. The van der Waals surface area contributed by atoms with E-state index in [0.717, 1.165) is 16.9 Å². The van der Waals surface area contributed by atoms with Crippen LogP contribution in [0.4, 0.5) is 20.6 Å². The molecule has 1 amide bonds. The molecule has 5 N–H and O–H groups in total.